The number of hydrogen-bond donors (Lipinski definition) is 3. The van der Waals surface area contributed by atoms with Gasteiger partial charge in [0.2, 0.25) is 16.6 Å². The third kappa shape index (κ3) is 11.2. The Balaban J connectivity index is 0.000000124. The van der Waals surface area contributed by atoms with E-state index in [-0.39, 0.29) is 19.6 Å². The Hall–Kier alpha value is -11.8. The van der Waals surface area contributed by atoms with Gasteiger partial charge in [-0.25, -0.2) is 13.7 Å². The van der Waals surface area contributed by atoms with Crippen LogP contribution < -0.4 is 49.3 Å². The maximum atomic E-state index is 11.6. The van der Waals surface area contributed by atoms with Gasteiger partial charge in [-0.2, -0.15) is 0 Å². The maximum Gasteiger partial charge on any atom is 0.323 e. The second-order valence-electron chi connectivity index (χ2n) is 22.5. The monoisotopic (exact) mass is 1180 g/mol. The van der Waals surface area contributed by atoms with Gasteiger partial charge in [0.05, 0.1) is 16.2 Å². The van der Waals surface area contributed by atoms with E-state index < -0.39 is 17.9 Å². The number of carboxylic acids is 3. The predicted molar refractivity (Wildman–Crippen MR) is 358 cm³/mol. The molecule has 0 radical (unpaired) electrons. The molecule has 3 aromatic heterocycles. The van der Waals surface area contributed by atoms with Crippen molar-refractivity contribution in [3.8, 4) is 0 Å². The van der Waals surface area contributed by atoms with Gasteiger partial charge in [-0.3, -0.25) is 14.4 Å². The average Bonchev–Trinajstić information content (AvgIpc) is 0.794. The topological polar surface area (TPSA) is 133 Å². The maximum absolute atomic E-state index is 11.6. The minimum Gasteiger partial charge on any atom is -0.480 e. The third-order valence-corrected chi connectivity index (χ3v) is 16.9. The van der Waals surface area contributed by atoms with E-state index in [4.69, 9.17) is 0 Å². The lowest BCUT2D eigenvalue weighted by Crippen LogP contribution is -2.38. The smallest absolute Gasteiger partial charge is 0.323 e. The van der Waals surface area contributed by atoms with E-state index in [1.807, 2.05) is 163 Å². The second kappa shape index (κ2) is 24.5. The molecule has 15 rings (SSSR count). The number of hydrogen-bond acceptors (Lipinski definition) is 6. The van der Waals surface area contributed by atoms with Crippen LogP contribution >= 0.6 is 0 Å². The van der Waals surface area contributed by atoms with Crippen LogP contribution in [-0.2, 0) is 35.5 Å². The van der Waals surface area contributed by atoms with Crippen LogP contribution in [0.15, 0.2) is 243 Å². The average molecular weight is 1180 g/mol. The number of aromatic nitrogens is 3. The fourth-order valence-electron chi connectivity index (χ4n) is 12.8. The van der Waals surface area contributed by atoms with Crippen LogP contribution in [0.2, 0.25) is 0 Å². The van der Waals surface area contributed by atoms with Gasteiger partial charge in [0, 0.05) is 92.1 Å². The summed E-state index contributed by atoms with van der Waals surface area (Å²) in [6.45, 7) is -0.234. The molecule has 90 heavy (non-hydrogen) atoms. The molecule has 0 saturated carbocycles. The Bertz CT molecular complexity index is 4970. The molecule has 0 bridgehead atoms. The lowest BCUT2D eigenvalue weighted by atomic mass is 9.88. The minimum absolute atomic E-state index is 0.0780. The quantitative estimate of drug-likeness (QED) is 0.121. The van der Waals surface area contributed by atoms with Gasteiger partial charge in [0.25, 0.3) is 0 Å². The first-order chi connectivity index (χ1) is 43.9. The van der Waals surface area contributed by atoms with Crippen LogP contribution in [0.3, 0.4) is 0 Å². The fraction of sp³-hybridized carbons (Fsp3) is 0.0769. The van der Waals surface area contributed by atoms with Crippen molar-refractivity contribution < 1.29 is 43.4 Å². The molecule has 9 aromatic carbocycles. The highest BCUT2D eigenvalue weighted by Gasteiger charge is 2.28. The third-order valence-electron chi connectivity index (χ3n) is 16.9. The Labute approximate surface area is 519 Å². The molecule has 0 aliphatic carbocycles. The Morgan fingerprint density at radius 2 is 0.689 bits per heavy atom. The van der Waals surface area contributed by atoms with E-state index in [2.05, 4.69) is 159 Å². The van der Waals surface area contributed by atoms with Gasteiger partial charge in [-0.05, 0) is 129 Å². The van der Waals surface area contributed by atoms with E-state index in [0.29, 0.717) is 0 Å². The van der Waals surface area contributed by atoms with Crippen molar-refractivity contribution in [3.05, 3.63) is 303 Å². The number of aliphatic carboxylic acids is 3. The minimum atomic E-state index is -0.853. The number of anilines is 6. The van der Waals surface area contributed by atoms with Crippen LogP contribution in [0, 0.1) is 0 Å². The van der Waals surface area contributed by atoms with Crippen LogP contribution in [-0.4, -0.2) is 52.9 Å². The van der Waals surface area contributed by atoms with E-state index in [1.165, 1.54) is 16.2 Å². The van der Waals surface area contributed by atoms with Gasteiger partial charge in [0.15, 0.2) is 18.6 Å². The van der Waals surface area contributed by atoms with E-state index in [0.717, 1.165) is 116 Å². The van der Waals surface area contributed by atoms with Crippen LogP contribution in [0.4, 0.5) is 34.1 Å². The Morgan fingerprint density at radius 1 is 0.344 bits per heavy atom. The van der Waals surface area contributed by atoms with Gasteiger partial charge < -0.3 is 30.0 Å². The summed E-state index contributed by atoms with van der Waals surface area (Å²) in [6, 6.07) is 75.5. The van der Waals surface area contributed by atoms with E-state index in [9.17, 15) is 29.7 Å². The molecule has 0 unspecified atom stereocenters. The highest BCUT2D eigenvalue weighted by atomic mass is 16.4. The van der Waals surface area contributed by atoms with Crippen molar-refractivity contribution in [1.82, 2.24) is 0 Å². The van der Waals surface area contributed by atoms with Gasteiger partial charge >= 0.3 is 17.9 Å². The normalized spacial score (nSPS) is 12.8. The molecule has 438 valence electrons. The first kappa shape index (κ1) is 57.3. The van der Waals surface area contributed by atoms with Gasteiger partial charge in [-0.15, -0.1) is 0 Å². The Kier molecular flexibility index (Phi) is 15.6. The Morgan fingerprint density at radius 3 is 1.17 bits per heavy atom. The predicted octanol–water partition coefficient (Wildman–Crippen LogP) is 10.5. The molecule has 0 amide bonds. The SMILES string of the molecule is C[n+]1ccc(/C=c2\cccc3c2=Cc2ccccc2N3CC(=O)O)c2ccccc21.C[n+]1cccc2c(/C=c3\cccc4c3=Cc3ccccc3N4CC(=O)O)cccc21.C[n+]1cccc2c(C=C3c4ccccc4N(CC(=O)O)c4ccccc43)cccc21. The molecule has 3 aliphatic heterocycles. The number of pyridine rings is 3. The summed E-state index contributed by atoms with van der Waals surface area (Å²) in [5.74, 6) is -2.56. The summed E-state index contributed by atoms with van der Waals surface area (Å²) in [4.78, 5) is 40.4. The van der Waals surface area contributed by atoms with Crippen molar-refractivity contribution >= 4 is 121 Å². The zero-order valence-electron chi connectivity index (χ0n) is 49.9. The fourth-order valence-corrected chi connectivity index (χ4v) is 12.8. The molecular weight excluding hydrogens is 1120 g/mol. The zero-order valence-corrected chi connectivity index (χ0v) is 49.9. The van der Waals surface area contributed by atoms with E-state index in [1.54, 1.807) is 0 Å². The molecule has 12 nitrogen and oxygen atoms in total. The van der Waals surface area contributed by atoms with Crippen molar-refractivity contribution in [2.24, 2.45) is 21.1 Å². The summed E-state index contributed by atoms with van der Waals surface area (Å²) in [7, 11) is 6.14. The van der Waals surface area contributed by atoms with Crippen LogP contribution in [0.5, 0.6) is 0 Å². The molecule has 0 spiro atoms. The number of fused-ring (bicyclic) bond motifs is 9. The number of carbonyl (C=O) groups is 3. The molecular formula is C78H63N6O6+3. The molecule has 12 aromatic rings. The molecule has 6 heterocycles. The lowest BCUT2D eigenvalue weighted by Gasteiger charge is -2.33. The molecule has 0 saturated heterocycles. The van der Waals surface area contributed by atoms with Gasteiger partial charge in [-0.1, -0.05) is 133 Å². The number of benzene rings is 9. The van der Waals surface area contributed by atoms with Crippen LogP contribution in [0.25, 0.3) is 68.7 Å². The molecule has 0 fully saturated rings. The molecule has 3 aliphatic rings. The van der Waals surface area contributed by atoms with Crippen molar-refractivity contribution in [1.29, 1.82) is 0 Å². The summed E-state index contributed by atoms with van der Waals surface area (Å²) in [6.07, 6.45) is 17.1. The summed E-state index contributed by atoms with van der Waals surface area (Å²) >= 11 is 0. The molecule has 0 atom stereocenters. The highest BCUT2D eigenvalue weighted by molar-refractivity contribution is 6.07. The summed E-state index contributed by atoms with van der Waals surface area (Å²) in [5.41, 5.74) is 17.6. The summed E-state index contributed by atoms with van der Waals surface area (Å²) in [5, 5.41) is 36.3. The first-order valence-electron chi connectivity index (χ1n) is 29.7. The number of carboxylic acid groups (broad SMARTS) is 3. The second-order valence-corrected chi connectivity index (χ2v) is 22.5. The standard InChI is InChI=1S/3C26H20N2O2/c1-27-15-7-11-19-18(8-6-14-23(19)27)16-22-20-9-2-4-12-24(20)28(17-26(29)30)25-13-5-3-10-21(22)25;1-27-14-13-19(21-9-3-5-11-24(21)27)15-18-8-6-12-25-22(18)16-20-7-2-4-10-23(20)28(25)17-26(29)30;1-27-14-6-10-21-18(8-4-12-24(21)27)15-19-9-5-13-25-22(19)16-20-7-2-3-11-23(20)28(25)17-26(29)30/h3*2-16H,17H2,1H3/p+3. The summed E-state index contributed by atoms with van der Waals surface area (Å²) < 4.78 is 6.35. The number of rotatable bonds is 9. The van der Waals surface area contributed by atoms with E-state index >= 15 is 0 Å². The lowest BCUT2D eigenvalue weighted by molar-refractivity contribution is -0.645. The first-order valence-corrected chi connectivity index (χ1v) is 29.7. The molecule has 3 N–H and O–H groups in total. The van der Waals surface area contributed by atoms with Crippen molar-refractivity contribution in [3.63, 3.8) is 0 Å². The van der Waals surface area contributed by atoms with Crippen molar-refractivity contribution in [2.45, 2.75) is 0 Å². The number of aryl methyl sites for hydroxylation is 3. The zero-order chi connectivity index (χ0) is 62.0. The highest BCUT2D eigenvalue weighted by Crippen LogP contribution is 2.46. The molecule has 12 heteroatoms. The largest absolute Gasteiger partial charge is 0.480 e. The number of nitrogens with zero attached hydrogens (tertiary/aromatic N) is 6. The number of para-hydroxylation sites is 5. The van der Waals surface area contributed by atoms with Gasteiger partial charge in [0.1, 0.15) is 40.8 Å². The van der Waals surface area contributed by atoms with Crippen LogP contribution in [0.1, 0.15) is 38.9 Å². The van der Waals surface area contributed by atoms with Crippen molar-refractivity contribution in [2.75, 3.05) is 34.3 Å².